The van der Waals surface area contributed by atoms with Crippen molar-refractivity contribution in [3.63, 3.8) is 0 Å². The fourth-order valence-electron chi connectivity index (χ4n) is 4.56. The molecule has 1 aliphatic rings. The Kier molecular flexibility index (Phi) is 7.39. The third-order valence-corrected chi connectivity index (χ3v) is 6.73. The SMILES string of the molecule is CCOc1cc(/C(O)=C2/C(=O)C(=O)N(c3ccc(C)cc3)C2c2cccc(Oc3ccccc3)c2)ccc1Cl. The van der Waals surface area contributed by atoms with Crippen LogP contribution < -0.4 is 14.4 Å². The molecular weight excluding hydrogens is 514 g/mol. The van der Waals surface area contributed by atoms with Crippen molar-refractivity contribution < 1.29 is 24.2 Å². The third-order valence-electron chi connectivity index (χ3n) is 6.41. The highest BCUT2D eigenvalue weighted by atomic mass is 35.5. The Labute approximate surface area is 231 Å². The minimum atomic E-state index is -0.904. The van der Waals surface area contributed by atoms with Crippen LogP contribution in [0.3, 0.4) is 0 Å². The molecule has 0 saturated carbocycles. The molecule has 7 heteroatoms. The number of aliphatic hydroxyl groups excluding tert-OH is 1. The summed E-state index contributed by atoms with van der Waals surface area (Å²) >= 11 is 6.25. The average molecular weight is 540 g/mol. The first-order valence-electron chi connectivity index (χ1n) is 12.5. The fraction of sp³-hybridized carbons (Fsp3) is 0.125. The van der Waals surface area contributed by atoms with Crippen molar-refractivity contribution in [2.75, 3.05) is 11.5 Å². The van der Waals surface area contributed by atoms with Crippen LogP contribution in [0.2, 0.25) is 5.02 Å². The third kappa shape index (κ3) is 5.24. The second-order valence-electron chi connectivity index (χ2n) is 9.07. The number of nitrogens with zero attached hydrogens (tertiary/aromatic N) is 1. The molecule has 1 aliphatic heterocycles. The van der Waals surface area contributed by atoms with E-state index in [9.17, 15) is 14.7 Å². The van der Waals surface area contributed by atoms with Gasteiger partial charge in [-0.3, -0.25) is 14.5 Å². The van der Waals surface area contributed by atoms with Crippen molar-refractivity contribution in [3.05, 3.63) is 124 Å². The molecule has 196 valence electrons. The summed E-state index contributed by atoms with van der Waals surface area (Å²) in [5.41, 5.74) is 2.42. The van der Waals surface area contributed by atoms with Crippen molar-refractivity contribution >= 4 is 34.7 Å². The molecule has 0 spiro atoms. The van der Waals surface area contributed by atoms with Gasteiger partial charge in [0, 0.05) is 11.3 Å². The maximum Gasteiger partial charge on any atom is 0.300 e. The van der Waals surface area contributed by atoms with E-state index in [1.807, 2.05) is 56.3 Å². The second-order valence-corrected chi connectivity index (χ2v) is 9.48. The van der Waals surface area contributed by atoms with Crippen LogP contribution in [0, 0.1) is 6.92 Å². The fourth-order valence-corrected chi connectivity index (χ4v) is 4.74. The Morgan fingerprint density at radius 2 is 1.62 bits per heavy atom. The molecule has 1 amide bonds. The number of carbonyl (C=O) groups excluding carboxylic acids is 2. The summed E-state index contributed by atoms with van der Waals surface area (Å²) in [6.45, 7) is 4.13. The first-order chi connectivity index (χ1) is 18.9. The van der Waals surface area contributed by atoms with Crippen LogP contribution in [0.4, 0.5) is 5.69 Å². The van der Waals surface area contributed by atoms with Crippen molar-refractivity contribution in [1.29, 1.82) is 0 Å². The van der Waals surface area contributed by atoms with Gasteiger partial charge in [0.15, 0.2) is 0 Å². The van der Waals surface area contributed by atoms with Gasteiger partial charge in [-0.25, -0.2) is 0 Å². The number of para-hydroxylation sites is 1. The van der Waals surface area contributed by atoms with Crippen LogP contribution in [0.5, 0.6) is 17.2 Å². The zero-order valence-electron chi connectivity index (χ0n) is 21.4. The molecular formula is C32H26ClNO5. The Morgan fingerprint density at radius 3 is 2.33 bits per heavy atom. The second kappa shape index (κ2) is 11.1. The van der Waals surface area contributed by atoms with E-state index < -0.39 is 17.7 Å². The lowest BCUT2D eigenvalue weighted by molar-refractivity contribution is -0.132. The summed E-state index contributed by atoms with van der Waals surface area (Å²) in [4.78, 5) is 28.4. The van der Waals surface area contributed by atoms with E-state index in [4.69, 9.17) is 21.1 Å². The van der Waals surface area contributed by atoms with E-state index in [1.165, 1.54) is 4.90 Å². The number of aryl methyl sites for hydroxylation is 1. The van der Waals surface area contributed by atoms with E-state index in [2.05, 4.69) is 0 Å². The molecule has 1 atom stereocenters. The van der Waals surface area contributed by atoms with Crippen LogP contribution in [-0.4, -0.2) is 23.4 Å². The number of carbonyl (C=O) groups is 2. The molecule has 1 fully saturated rings. The van der Waals surface area contributed by atoms with Crippen LogP contribution in [0.25, 0.3) is 5.76 Å². The average Bonchev–Trinajstić information content (AvgIpc) is 3.21. The van der Waals surface area contributed by atoms with Gasteiger partial charge >= 0.3 is 0 Å². The normalized spacial score (nSPS) is 16.4. The van der Waals surface area contributed by atoms with Crippen LogP contribution >= 0.6 is 11.6 Å². The van der Waals surface area contributed by atoms with E-state index in [0.29, 0.717) is 45.7 Å². The molecule has 0 aromatic heterocycles. The van der Waals surface area contributed by atoms with Crippen LogP contribution in [0.1, 0.15) is 29.7 Å². The molecule has 1 N–H and O–H groups in total. The number of rotatable bonds is 7. The minimum absolute atomic E-state index is 0.0396. The van der Waals surface area contributed by atoms with Gasteiger partial charge in [0.05, 0.1) is 23.2 Å². The summed E-state index contributed by atoms with van der Waals surface area (Å²) in [7, 11) is 0. The summed E-state index contributed by atoms with van der Waals surface area (Å²) in [6, 6.07) is 27.6. The lowest BCUT2D eigenvalue weighted by Gasteiger charge is -2.26. The van der Waals surface area contributed by atoms with Crippen molar-refractivity contribution in [2.45, 2.75) is 19.9 Å². The topological polar surface area (TPSA) is 76.1 Å². The molecule has 6 nitrogen and oxygen atoms in total. The van der Waals surface area contributed by atoms with E-state index in [1.54, 1.807) is 54.6 Å². The monoisotopic (exact) mass is 539 g/mol. The maximum absolute atomic E-state index is 13.5. The number of anilines is 1. The molecule has 4 aromatic carbocycles. The number of benzene rings is 4. The van der Waals surface area contributed by atoms with Gasteiger partial charge in [-0.05, 0) is 74.0 Å². The summed E-state index contributed by atoms with van der Waals surface area (Å²) in [5.74, 6) is -0.310. The molecule has 4 aromatic rings. The van der Waals surface area contributed by atoms with E-state index in [0.717, 1.165) is 5.56 Å². The molecule has 1 saturated heterocycles. The van der Waals surface area contributed by atoms with Gasteiger partial charge < -0.3 is 14.6 Å². The number of halogens is 1. The summed E-state index contributed by atoms with van der Waals surface area (Å²) < 4.78 is 11.6. The Balaban J connectivity index is 1.67. The Bertz CT molecular complexity index is 1560. The standard InChI is InChI=1S/C32H26ClNO5/c1-3-38-27-19-22(14-17-26(27)33)30(35)28-29(34(32(37)31(28)36)23-15-12-20(2)13-16-23)21-8-7-11-25(18-21)39-24-9-5-4-6-10-24/h4-19,29,35H,3H2,1-2H3/b30-28-. The van der Waals surface area contributed by atoms with Crippen LogP contribution in [-0.2, 0) is 9.59 Å². The highest BCUT2D eigenvalue weighted by Gasteiger charge is 2.47. The highest BCUT2D eigenvalue weighted by molar-refractivity contribution is 6.51. The molecule has 1 unspecified atom stereocenters. The maximum atomic E-state index is 13.5. The van der Waals surface area contributed by atoms with Gasteiger partial charge in [-0.15, -0.1) is 0 Å². The number of hydrogen-bond donors (Lipinski definition) is 1. The van der Waals surface area contributed by atoms with Crippen LogP contribution in [0.15, 0.2) is 103 Å². The molecule has 0 aliphatic carbocycles. The van der Waals surface area contributed by atoms with Crippen molar-refractivity contribution in [2.24, 2.45) is 0 Å². The van der Waals surface area contributed by atoms with E-state index >= 15 is 0 Å². The molecule has 1 heterocycles. The van der Waals surface area contributed by atoms with Crippen molar-refractivity contribution in [3.8, 4) is 17.2 Å². The highest BCUT2D eigenvalue weighted by Crippen LogP contribution is 2.43. The Morgan fingerprint density at radius 1 is 0.897 bits per heavy atom. The predicted octanol–water partition coefficient (Wildman–Crippen LogP) is 7.47. The van der Waals surface area contributed by atoms with Gasteiger partial charge in [0.25, 0.3) is 11.7 Å². The molecule has 0 radical (unpaired) electrons. The number of amides is 1. The van der Waals surface area contributed by atoms with Gasteiger partial charge in [-0.2, -0.15) is 0 Å². The smallest absolute Gasteiger partial charge is 0.300 e. The van der Waals surface area contributed by atoms with Gasteiger partial charge in [0.2, 0.25) is 0 Å². The van der Waals surface area contributed by atoms with Gasteiger partial charge in [0.1, 0.15) is 23.0 Å². The lowest BCUT2D eigenvalue weighted by atomic mass is 9.95. The Hall–Kier alpha value is -4.55. The first kappa shape index (κ1) is 26.1. The molecule has 0 bridgehead atoms. The lowest BCUT2D eigenvalue weighted by Crippen LogP contribution is -2.29. The quantitative estimate of drug-likeness (QED) is 0.150. The molecule has 5 rings (SSSR count). The number of ketones is 1. The van der Waals surface area contributed by atoms with Crippen molar-refractivity contribution in [1.82, 2.24) is 0 Å². The van der Waals surface area contributed by atoms with E-state index in [-0.39, 0.29) is 11.3 Å². The zero-order valence-corrected chi connectivity index (χ0v) is 22.2. The summed E-state index contributed by atoms with van der Waals surface area (Å²) in [6.07, 6.45) is 0. The molecule has 39 heavy (non-hydrogen) atoms. The number of Topliss-reactive ketones (excluding diaryl/α,β-unsaturated/α-hetero) is 1. The zero-order chi connectivity index (χ0) is 27.5. The number of aliphatic hydroxyl groups is 1. The predicted molar refractivity (Wildman–Crippen MR) is 152 cm³/mol. The minimum Gasteiger partial charge on any atom is -0.507 e. The number of ether oxygens (including phenoxy) is 2. The largest absolute Gasteiger partial charge is 0.507 e. The van der Waals surface area contributed by atoms with Gasteiger partial charge in [-0.1, -0.05) is 59.6 Å². The summed E-state index contributed by atoms with van der Waals surface area (Å²) in [5, 5.41) is 11.9. The number of hydrogen-bond acceptors (Lipinski definition) is 5. The first-order valence-corrected chi connectivity index (χ1v) is 12.9.